The maximum Gasteiger partial charge on any atom is 0.135 e. The zero-order valence-electron chi connectivity index (χ0n) is 11.6. The average Bonchev–Trinajstić information content (AvgIpc) is 3.15. The standard InChI is InChI=1S/C19H11NOS/c1-3-7-16-13(5-1)14-11-12(9-10-17(14)21-16)19-20-15-6-2-4-8-18(15)22-19/h1-11H. The van der Waals surface area contributed by atoms with Gasteiger partial charge in [0.05, 0.1) is 10.2 Å². The first-order chi connectivity index (χ1) is 10.9. The van der Waals surface area contributed by atoms with Crippen LogP contribution in [0.1, 0.15) is 0 Å². The first-order valence-corrected chi connectivity index (χ1v) is 7.97. The van der Waals surface area contributed by atoms with Crippen molar-refractivity contribution in [3.8, 4) is 10.6 Å². The topological polar surface area (TPSA) is 26.0 Å². The molecule has 5 rings (SSSR count). The molecular weight excluding hydrogens is 290 g/mol. The summed E-state index contributed by atoms with van der Waals surface area (Å²) in [6.45, 7) is 0. The van der Waals surface area contributed by atoms with E-state index in [9.17, 15) is 0 Å². The predicted molar refractivity (Wildman–Crippen MR) is 92.3 cm³/mol. The van der Waals surface area contributed by atoms with Gasteiger partial charge in [-0.3, -0.25) is 0 Å². The quantitative estimate of drug-likeness (QED) is 0.387. The number of benzene rings is 3. The Labute approximate surface area is 130 Å². The van der Waals surface area contributed by atoms with Gasteiger partial charge >= 0.3 is 0 Å². The summed E-state index contributed by atoms with van der Waals surface area (Å²) in [5.41, 5.74) is 4.05. The fourth-order valence-corrected chi connectivity index (χ4v) is 3.82. The summed E-state index contributed by atoms with van der Waals surface area (Å²) in [5.74, 6) is 0. The Hall–Kier alpha value is -2.65. The molecule has 0 fully saturated rings. The predicted octanol–water partition coefficient (Wildman–Crippen LogP) is 5.86. The van der Waals surface area contributed by atoms with Gasteiger partial charge in [0.1, 0.15) is 16.2 Å². The SMILES string of the molecule is c1ccc2sc(-c3ccc4oc5ccccc5c4c3)nc2c1. The van der Waals surface area contributed by atoms with Gasteiger partial charge in [0.25, 0.3) is 0 Å². The number of thiazole rings is 1. The van der Waals surface area contributed by atoms with Crippen molar-refractivity contribution >= 4 is 43.5 Å². The van der Waals surface area contributed by atoms with Crippen LogP contribution in [-0.4, -0.2) is 4.98 Å². The zero-order chi connectivity index (χ0) is 14.5. The summed E-state index contributed by atoms with van der Waals surface area (Å²) in [6.07, 6.45) is 0. The van der Waals surface area contributed by atoms with Crippen LogP contribution in [0.2, 0.25) is 0 Å². The number of nitrogens with zero attached hydrogens (tertiary/aromatic N) is 1. The molecule has 22 heavy (non-hydrogen) atoms. The van der Waals surface area contributed by atoms with Crippen molar-refractivity contribution < 1.29 is 4.42 Å². The Morgan fingerprint density at radius 3 is 2.55 bits per heavy atom. The van der Waals surface area contributed by atoms with Gasteiger partial charge in [-0.1, -0.05) is 30.3 Å². The Morgan fingerprint density at radius 1 is 0.773 bits per heavy atom. The Bertz CT molecular complexity index is 1100. The third-order valence-electron chi connectivity index (χ3n) is 3.92. The Balaban J connectivity index is 1.78. The van der Waals surface area contributed by atoms with E-state index in [-0.39, 0.29) is 0 Å². The highest BCUT2D eigenvalue weighted by molar-refractivity contribution is 7.21. The highest BCUT2D eigenvalue weighted by Crippen LogP contribution is 2.35. The molecule has 0 spiro atoms. The van der Waals surface area contributed by atoms with Crippen molar-refractivity contribution in [2.24, 2.45) is 0 Å². The molecule has 0 saturated heterocycles. The van der Waals surface area contributed by atoms with Gasteiger partial charge in [-0.05, 0) is 36.4 Å². The molecule has 2 aromatic heterocycles. The third-order valence-corrected chi connectivity index (χ3v) is 5.00. The normalized spacial score (nSPS) is 11.6. The molecule has 0 radical (unpaired) electrons. The monoisotopic (exact) mass is 301 g/mol. The van der Waals surface area contributed by atoms with E-state index in [0.717, 1.165) is 38.0 Å². The van der Waals surface area contributed by atoms with Gasteiger partial charge in [-0.2, -0.15) is 0 Å². The lowest BCUT2D eigenvalue weighted by Gasteiger charge is -1.96. The number of hydrogen-bond acceptors (Lipinski definition) is 3. The van der Waals surface area contributed by atoms with E-state index in [4.69, 9.17) is 9.40 Å². The van der Waals surface area contributed by atoms with Crippen LogP contribution in [-0.2, 0) is 0 Å². The minimum Gasteiger partial charge on any atom is -0.456 e. The summed E-state index contributed by atoms with van der Waals surface area (Å²) < 4.78 is 7.10. The molecule has 0 bridgehead atoms. The summed E-state index contributed by atoms with van der Waals surface area (Å²) in [5, 5.41) is 3.35. The summed E-state index contributed by atoms with van der Waals surface area (Å²) in [7, 11) is 0. The van der Waals surface area contributed by atoms with Gasteiger partial charge < -0.3 is 4.42 Å². The third kappa shape index (κ3) is 1.69. The lowest BCUT2D eigenvalue weighted by molar-refractivity contribution is 0.669. The molecule has 2 nitrogen and oxygen atoms in total. The van der Waals surface area contributed by atoms with Crippen LogP contribution < -0.4 is 0 Å². The number of fused-ring (bicyclic) bond motifs is 4. The van der Waals surface area contributed by atoms with E-state index in [0.29, 0.717) is 0 Å². The molecule has 0 atom stereocenters. The van der Waals surface area contributed by atoms with Crippen LogP contribution in [0.5, 0.6) is 0 Å². The summed E-state index contributed by atoms with van der Waals surface area (Å²) >= 11 is 1.73. The second kappa shape index (κ2) is 4.42. The fraction of sp³-hybridized carbons (Fsp3) is 0. The van der Waals surface area contributed by atoms with Crippen LogP contribution in [0.4, 0.5) is 0 Å². The molecule has 0 amide bonds. The lowest BCUT2D eigenvalue weighted by Crippen LogP contribution is -1.75. The van der Waals surface area contributed by atoms with Crippen molar-refractivity contribution in [2.75, 3.05) is 0 Å². The molecule has 0 saturated carbocycles. The van der Waals surface area contributed by atoms with E-state index >= 15 is 0 Å². The number of para-hydroxylation sites is 2. The van der Waals surface area contributed by atoms with E-state index in [1.54, 1.807) is 11.3 Å². The molecule has 5 aromatic rings. The van der Waals surface area contributed by atoms with E-state index in [1.165, 1.54) is 4.70 Å². The Kier molecular flexibility index (Phi) is 2.40. The molecule has 0 unspecified atom stereocenters. The van der Waals surface area contributed by atoms with E-state index < -0.39 is 0 Å². The molecule has 2 heterocycles. The summed E-state index contributed by atoms with van der Waals surface area (Å²) in [4.78, 5) is 4.74. The minimum absolute atomic E-state index is 0.922. The average molecular weight is 301 g/mol. The van der Waals surface area contributed by atoms with Gasteiger partial charge in [-0.25, -0.2) is 4.98 Å². The van der Waals surface area contributed by atoms with Crippen LogP contribution in [0.15, 0.2) is 71.1 Å². The smallest absolute Gasteiger partial charge is 0.135 e. The maximum absolute atomic E-state index is 5.89. The van der Waals surface area contributed by atoms with Crippen LogP contribution in [0, 0.1) is 0 Å². The molecule has 0 aliphatic carbocycles. The molecular formula is C19H11NOS. The lowest BCUT2D eigenvalue weighted by atomic mass is 10.1. The largest absolute Gasteiger partial charge is 0.456 e. The number of rotatable bonds is 1. The van der Waals surface area contributed by atoms with Crippen molar-refractivity contribution in [1.82, 2.24) is 4.98 Å². The van der Waals surface area contributed by atoms with Crippen molar-refractivity contribution in [2.45, 2.75) is 0 Å². The van der Waals surface area contributed by atoms with Crippen LogP contribution in [0.3, 0.4) is 0 Å². The van der Waals surface area contributed by atoms with Crippen molar-refractivity contribution in [3.05, 3.63) is 66.7 Å². The van der Waals surface area contributed by atoms with Gasteiger partial charge in [-0.15, -0.1) is 11.3 Å². The van der Waals surface area contributed by atoms with Crippen LogP contribution in [0.25, 0.3) is 42.7 Å². The zero-order valence-corrected chi connectivity index (χ0v) is 12.4. The second-order valence-electron chi connectivity index (χ2n) is 5.30. The number of hydrogen-bond donors (Lipinski definition) is 0. The van der Waals surface area contributed by atoms with E-state index in [2.05, 4.69) is 36.4 Å². The van der Waals surface area contributed by atoms with Crippen LogP contribution >= 0.6 is 11.3 Å². The van der Waals surface area contributed by atoms with Crippen molar-refractivity contribution in [3.63, 3.8) is 0 Å². The number of aromatic nitrogens is 1. The highest BCUT2D eigenvalue weighted by Gasteiger charge is 2.10. The first-order valence-electron chi connectivity index (χ1n) is 7.16. The molecule has 3 aromatic carbocycles. The van der Waals surface area contributed by atoms with E-state index in [1.807, 2.05) is 30.3 Å². The Morgan fingerprint density at radius 2 is 1.59 bits per heavy atom. The minimum atomic E-state index is 0.922. The molecule has 0 aliphatic heterocycles. The summed E-state index contributed by atoms with van der Waals surface area (Å²) in [6, 6.07) is 22.7. The van der Waals surface area contributed by atoms with Gasteiger partial charge in [0, 0.05) is 16.3 Å². The highest BCUT2D eigenvalue weighted by atomic mass is 32.1. The fourth-order valence-electron chi connectivity index (χ4n) is 2.85. The second-order valence-corrected chi connectivity index (χ2v) is 6.33. The molecule has 0 N–H and O–H groups in total. The molecule has 104 valence electrons. The van der Waals surface area contributed by atoms with Gasteiger partial charge in [0.15, 0.2) is 0 Å². The van der Waals surface area contributed by atoms with Gasteiger partial charge in [0.2, 0.25) is 0 Å². The molecule has 3 heteroatoms. The molecule has 0 aliphatic rings. The first kappa shape index (κ1) is 12.0. The number of furan rings is 1. The van der Waals surface area contributed by atoms with Crippen molar-refractivity contribution in [1.29, 1.82) is 0 Å². The maximum atomic E-state index is 5.89.